The van der Waals surface area contributed by atoms with Crippen molar-refractivity contribution in [3.8, 4) is 11.3 Å². The van der Waals surface area contributed by atoms with Crippen LogP contribution in [-0.4, -0.2) is 64.9 Å². The van der Waals surface area contributed by atoms with Crippen LogP contribution in [0.15, 0.2) is 30.3 Å². The molecule has 2 saturated heterocycles. The number of benzene rings is 1. The van der Waals surface area contributed by atoms with Crippen molar-refractivity contribution in [1.82, 2.24) is 20.4 Å². The molecule has 4 rings (SSSR count). The van der Waals surface area contributed by atoms with Crippen LogP contribution in [0.5, 0.6) is 0 Å². The number of rotatable bonds is 4. The van der Waals surface area contributed by atoms with Crippen LogP contribution in [0.3, 0.4) is 0 Å². The molecule has 1 aromatic carbocycles. The number of aromatic amines is 1. The summed E-state index contributed by atoms with van der Waals surface area (Å²) in [7, 11) is 0. The van der Waals surface area contributed by atoms with Crippen LogP contribution in [0.2, 0.25) is 5.02 Å². The Morgan fingerprint density at radius 1 is 1.12 bits per heavy atom. The molecule has 0 spiro atoms. The third kappa shape index (κ3) is 6.23. The number of hydrogen-bond acceptors (Lipinski definition) is 5. The Balaban J connectivity index is 1.28. The Bertz CT molecular complexity index is 993. The van der Waals surface area contributed by atoms with Gasteiger partial charge in [-0.15, -0.1) is 0 Å². The fourth-order valence-electron chi connectivity index (χ4n) is 4.52. The Morgan fingerprint density at radius 3 is 2.50 bits per heavy atom. The minimum atomic E-state index is -0.512. The van der Waals surface area contributed by atoms with Gasteiger partial charge in [0.1, 0.15) is 5.60 Å². The van der Waals surface area contributed by atoms with E-state index in [1.54, 1.807) is 4.90 Å². The van der Waals surface area contributed by atoms with E-state index >= 15 is 0 Å². The predicted octanol–water partition coefficient (Wildman–Crippen LogP) is 4.46. The van der Waals surface area contributed by atoms with E-state index in [9.17, 15) is 9.59 Å². The lowest BCUT2D eigenvalue weighted by Gasteiger charge is -2.36. The van der Waals surface area contributed by atoms with Crippen molar-refractivity contribution in [3.05, 3.63) is 35.4 Å². The first-order chi connectivity index (χ1) is 16.2. The van der Waals surface area contributed by atoms with Gasteiger partial charge in [0.2, 0.25) is 5.91 Å². The summed E-state index contributed by atoms with van der Waals surface area (Å²) in [5.74, 6) is 0.894. The molecule has 0 radical (unpaired) electrons. The van der Waals surface area contributed by atoms with E-state index in [4.69, 9.17) is 16.3 Å². The molecule has 2 aliphatic heterocycles. The van der Waals surface area contributed by atoms with Crippen LogP contribution < -0.4 is 10.2 Å². The molecular formula is C25H34ClN5O3. The number of anilines is 1. The van der Waals surface area contributed by atoms with Crippen LogP contribution in [0.1, 0.15) is 46.5 Å². The van der Waals surface area contributed by atoms with Crippen LogP contribution in [-0.2, 0) is 9.53 Å². The first-order valence-electron chi connectivity index (χ1n) is 12.0. The first-order valence-corrected chi connectivity index (χ1v) is 12.4. The molecule has 184 valence electrons. The zero-order valence-electron chi connectivity index (χ0n) is 20.1. The monoisotopic (exact) mass is 487 g/mol. The largest absolute Gasteiger partial charge is 0.444 e. The van der Waals surface area contributed by atoms with Gasteiger partial charge in [-0.2, -0.15) is 5.10 Å². The standard InChI is InChI=1S/C25H34ClN5O3/c1-25(2,3)34-24(33)30-13-10-18(11-14-30)23(32)27-20-5-4-12-31(16-20)22-15-21(28-29-22)17-6-8-19(26)9-7-17/h6-9,15,18,20H,4-5,10-14,16H2,1-3H3,(H,27,32)(H,28,29). The maximum Gasteiger partial charge on any atom is 0.410 e. The predicted molar refractivity (Wildman–Crippen MR) is 133 cm³/mol. The Kier molecular flexibility index (Phi) is 7.36. The number of halogens is 1. The van der Waals surface area contributed by atoms with Crippen molar-refractivity contribution < 1.29 is 14.3 Å². The van der Waals surface area contributed by atoms with E-state index < -0.39 is 5.60 Å². The number of piperidine rings is 2. The molecule has 1 aromatic heterocycles. The van der Waals surface area contributed by atoms with E-state index in [0.29, 0.717) is 31.0 Å². The average molecular weight is 488 g/mol. The Hall–Kier alpha value is -2.74. The molecule has 1 unspecified atom stereocenters. The molecule has 2 aliphatic rings. The van der Waals surface area contributed by atoms with Crippen LogP contribution in [0, 0.1) is 5.92 Å². The second-order valence-electron chi connectivity index (χ2n) is 10.2. The van der Waals surface area contributed by atoms with Crippen molar-refractivity contribution in [1.29, 1.82) is 0 Å². The topological polar surface area (TPSA) is 90.6 Å². The minimum Gasteiger partial charge on any atom is -0.444 e. The molecule has 0 bridgehead atoms. The molecule has 8 nitrogen and oxygen atoms in total. The number of amides is 2. The number of carbonyl (C=O) groups is 2. The lowest BCUT2D eigenvalue weighted by atomic mass is 9.95. The van der Waals surface area contributed by atoms with Gasteiger partial charge in [-0.3, -0.25) is 9.89 Å². The quantitative estimate of drug-likeness (QED) is 0.664. The number of likely N-dealkylation sites (tertiary alicyclic amines) is 1. The molecule has 0 aliphatic carbocycles. The van der Waals surface area contributed by atoms with Crippen molar-refractivity contribution >= 4 is 29.4 Å². The van der Waals surface area contributed by atoms with Crippen molar-refractivity contribution in [2.45, 2.75) is 58.1 Å². The number of hydrogen-bond donors (Lipinski definition) is 2. The van der Waals surface area contributed by atoms with Gasteiger partial charge in [0, 0.05) is 49.2 Å². The normalized spacial score (nSPS) is 19.7. The molecule has 2 fully saturated rings. The van der Waals surface area contributed by atoms with Gasteiger partial charge >= 0.3 is 6.09 Å². The zero-order valence-corrected chi connectivity index (χ0v) is 20.9. The van der Waals surface area contributed by atoms with Gasteiger partial charge in [-0.25, -0.2) is 4.79 Å². The number of ether oxygens (including phenoxy) is 1. The third-order valence-electron chi connectivity index (χ3n) is 6.33. The molecule has 1 atom stereocenters. The van der Waals surface area contributed by atoms with E-state index in [1.165, 1.54) is 0 Å². The second kappa shape index (κ2) is 10.3. The summed E-state index contributed by atoms with van der Waals surface area (Å²) < 4.78 is 5.45. The average Bonchev–Trinajstić information content (AvgIpc) is 3.29. The summed E-state index contributed by atoms with van der Waals surface area (Å²) >= 11 is 5.99. The van der Waals surface area contributed by atoms with Crippen molar-refractivity contribution in [2.75, 3.05) is 31.1 Å². The summed E-state index contributed by atoms with van der Waals surface area (Å²) in [6, 6.07) is 9.78. The van der Waals surface area contributed by atoms with Crippen molar-refractivity contribution in [2.24, 2.45) is 5.92 Å². The SMILES string of the molecule is CC(C)(C)OC(=O)N1CCC(C(=O)NC2CCCN(c3cc(-c4ccc(Cl)cc4)[nH]n3)C2)CC1. The van der Waals surface area contributed by atoms with E-state index in [2.05, 4.69) is 20.4 Å². The van der Waals surface area contributed by atoms with Gasteiger partial charge in [-0.1, -0.05) is 23.7 Å². The van der Waals surface area contributed by atoms with Gasteiger partial charge in [-0.05, 0) is 64.2 Å². The highest BCUT2D eigenvalue weighted by Gasteiger charge is 2.31. The van der Waals surface area contributed by atoms with Crippen LogP contribution in [0.4, 0.5) is 10.6 Å². The molecular weight excluding hydrogens is 454 g/mol. The van der Waals surface area contributed by atoms with Gasteiger partial charge < -0.3 is 19.9 Å². The molecule has 3 heterocycles. The van der Waals surface area contributed by atoms with Gasteiger partial charge in [0.25, 0.3) is 0 Å². The summed E-state index contributed by atoms with van der Waals surface area (Å²) in [5, 5.41) is 11.6. The zero-order chi connectivity index (χ0) is 24.3. The fourth-order valence-corrected chi connectivity index (χ4v) is 4.65. The number of nitrogens with zero attached hydrogens (tertiary/aromatic N) is 3. The summed E-state index contributed by atoms with van der Waals surface area (Å²) in [5.41, 5.74) is 1.46. The molecule has 2 N–H and O–H groups in total. The minimum absolute atomic E-state index is 0.0732. The molecule has 9 heteroatoms. The van der Waals surface area contributed by atoms with E-state index in [-0.39, 0.29) is 24.0 Å². The highest BCUT2D eigenvalue weighted by atomic mass is 35.5. The van der Waals surface area contributed by atoms with Crippen LogP contribution >= 0.6 is 11.6 Å². The molecule has 34 heavy (non-hydrogen) atoms. The Labute approximate surface area is 206 Å². The fraction of sp³-hybridized carbons (Fsp3) is 0.560. The Morgan fingerprint density at radius 2 is 1.82 bits per heavy atom. The van der Waals surface area contributed by atoms with Crippen molar-refractivity contribution in [3.63, 3.8) is 0 Å². The number of nitrogens with one attached hydrogen (secondary N) is 2. The highest BCUT2D eigenvalue weighted by molar-refractivity contribution is 6.30. The number of carbonyl (C=O) groups excluding carboxylic acids is 2. The van der Waals surface area contributed by atoms with Gasteiger partial charge in [0.15, 0.2) is 5.82 Å². The molecule has 0 saturated carbocycles. The van der Waals surface area contributed by atoms with Gasteiger partial charge in [0.05, 0.1) is 5.69 Å². The number of aromatic nitrogens is 2. The second-order valence-corrected chi connectivity index (χ2v) is 10.6. The molecule has 2 aromatic rings. The first kappa shape index (κ1) is 24.4. The number of H-pyrrole nitrogens is 1. The lowest BCUT2D eigenvalue weighted by Crippen LogP contribution is -2.51. The lowest BCUT2D eigenvalue weighted by molar-refractivity contribution is -0.127. The van der Waals surface area contributed by atoms with E-state index in [0.717, 1.165) is 43.0 Å². The maximum absolute atomic E-state index is 12.9. The van der Waals surface area contributed by atoms with E-state index in [1.807, 2.05) is 51.1 Å². The summed E-state index contributed by atoms with van der Waals surface area (Å²) in [6.07, 6.45) is 2.96. The van der Waals surface area contributed by atoms with Crippen LogP contribution in [0.25, 0.3) is 11.3 Å². The summed E-state index contributed by atoms with van der Waals surface area (Å²) in [4.78, 5) is 29.1. The molecule has 2 amide bonds. The summed E-state index contributed by atoms with van der Waals surface area (Å²) in [6.45, 7) is 8.31. The third-order valence-corrected chi connectivity index (χ3v) is 6.58. The smallest absolute Gasteiger partial charge is 0.410 e. The highest BCUT2D eigenvalue weighted by Crippen LogP contribution is 2.26. The maximum atomic E-state index is 12.9.